The first-order chi connectivity index (χ1) is 18.5. The minimum Gasteiger partial charge on any atom is -0.488 e. The first kappa shape index (κ1) is 28.1. The molecule has 15 nitrogen and oxygen atoms in total. The van der Waals surface area contributed by atoms with Gasteiger partial charge >= 0.3 is 0 Å². The molecular formula is C23H31N9O6S. The molecule has 0 unspecified atom stereocenters. The van der Waals surface area contributed by atoms with Crippen molar-refractivity contribution in [1.82, 2.24) is 39.0 Å². The maximum atomic E-state index is 13.6. The van der Waals surface area contributed by atoms with Crippen molar-refractivity contribution in [3.8, 4) is 5.75 Å². The fourth-order valence-corrected chi connectivity index (χ4v) is 5.29. The van der Waals surface area contributed by atoms with E-state index in [1.54, 1.807) is 30.7 Å². The standard InChI is InChI=1S/C23H31N9O6S/c1-15-8-32(16(2)12-33)23(35)18-7-17(26-21(34)10-31-14-25-27-28-31)5-6-19(18)38-20(15)9-30(4)39(36,37)22-11-29(3)13-24-22/h5-7,11,13-16,20,33H,8-10,12H2,1-4H3,(H,26,34)/t15-,16+,20+/m0/s1. The van der Waals surface area contributed by atoms with Gasteiger partial charge in [0.15, 0.2) is 5.03 Å². The van der Waals surface area contributed by atoms with Crippen LogP contribution in [0.3, 0.4) is 0 Å². The van der Waals surface area contributed by atoms with Crippen LogP contribution in [-0.2, 0) is 28.4 Å². The molecule has 0 radical (unpaired) electrons. The first-order valence-electron chi connectivity index (χ1n) is 12.2. The Morgan fingerprint density at radius 2 is 2.10 bits per heavy atom. The van der Waals surface area contributed by atoms with E-state index in [9.17, 15) is 23.1 Å². The number of amides is 2. The van der Waals surface area contributed by atoms with E-state index < -0.39 is 28.1 Å². The highest BCUT2D eigenvalue weighted by Crippen LogP contribution is 2.31. The lowest BCUT2D eigenvalue weighted by molar-refractivity contribution is -0.116. The summed E-state index contributed by atoms with van der Waals surface area (Å²) < 4.78 is 36.4. The molecule has 1 aromatic carbocycles. The summed E-state index contributed by atoms with van der Waals surface area (Å²) in [5.74, 6) is -0.861. The third-order valence-corrected chi connectivity index (χ3v) is 8.15. The molecule has 3 atom stereocenters. The molecular weight excluding hydrogens is 530 g/mol. The van der Waals surface area contributed by atoms with Crippen LogP contribution in [-0.4, -0.2) is 103 Å². The zero-order valence-corrected chi connectivity index (χ0v) is 22.8. The maximum Gasteiger partial charge on any atom is 0.261 e. The number of aliphatic hydroxyl groups is 1. The largest absolute Gasteiger partial charge is 0.488 e. The summed E-state index contributed by atoms with van der Waals surface area (Å²) in [5, 5.41) is 23.1. The number of rotatable bonds is 9. The lowest BCUT2D eigenvalue weighted by Crippen LogP contribution is -2.50. The summed E-state index contributed by atoms with van der Waals surface area (Å²) in [4.78, 5) is 31.5. The molecule has 0 spiro atoms. The van der Waals surface area contributed by atoms with Gasteiger partial charge in [0, 0.05) is 38.4 Å². The van der Waals surface area contributed by atoms with Gasteiger partial charge in [-0.15, -0.1) is 5.10 Å². The third kappa shape index (κ3) is 6.23. The number of hydrogen-bond donors (Lipinski definition) is 2. The zero-order chi connectivity index (χ0) is 28.3. The van der Waals surface area contributed by atoms with Crippen molar-refractivity contribution in [2.45, 2.75) is 37.6 Å². The molecule has 210 valence electrons. The van der Waals surface area contributed by atoms with Gasteiger partial charge in [0.05, 0.1) is 31.1 Å². The number of nitrogens with zero attached hydrogens (tertiary/aromatic N) is 8. The molecule has 0 saturated carbocycles. The van der Waals surface area contributed by atoms with E-state index in [-0.39, 0.29) is 54.4 Å². The van der Waals surface area contributed by atoms with E-state index in [0.717, 1.165) is 0 Å². The van der Waals surface area contributed by atoms with Crippen molar-refractivity contribution in [2.24, 2.45) is 13.0 Å². The molecule has 0 bridgehead atoms. The van der Waals surface area contributed by atoms with Crippen LogP contribution in [0, 0.1) is 5.92 Å². The van der Waals surface area contributed by atoms with E-state index in [0.29, 0.717) is 5.69 Å². The number of aliphatic hydroxyl groups excluding tert-OH is 1. The molecule has 1 aliphatic rings. The summed E-state index contributed by atoms with van der Waals surface area (Å²) in [6.07, 6.45) is 3.49. The van der Waals surface area contributed by atoms with Gasteiger partial charge < -0.3 is 24.6 Å². The molecule has 1 aliphatic heterocycles. The van der Waals surface area contributed by atoms with Crippen LogP contribution < -0.4 is 10.1 Å². The van der Waals surface area contributed by atoms with Crippen molar-refractivity contribution in [3.63, 3.8) is 0 Å². The van der Waals surface area contributed by atoms with E-state index in [1.807, 2.05) is 6.92 Å². The van der Waals surface area contributed by atoms with Gasteiger partial charge in [-0.05, 0) is 35.5 Å². The van der Waals surface area contributed by atoms with Crippen LogP contribution in [0.15, 0.2) is 42.1 Å². The first-order valence-corrected chi connectivity index (χ1v) is 13.6. The van der Waals surface area contributed by atoms with E-state index in [4.69, 9.17) is 4.74 Å². The Hall–Kier alpha value is -3.89. The SMILES string of the molecule is C[C@H](CO)N1C[C@H](C)[C@@H](CN(C)S(=O)(=O)c2cn(C)cn2)Oc2ccc(NC(=O)Cn3cnnn3)cc2C1=O. The van der Waals surface area contributed by atoms with E-state index in [2.05, 4.69) is 25.8 Å². The average Bonchev–Trinajstić information content (AvgIpc) is 3.57. The second-order valence-corrected chi connectivity index (χ2v) is 11.5. The summed E-state index contributed by atoms with van der Waals surface area (Å²) in [5.41, 5.74) is 0.517. The minimum atomic E-state index is -3.89. The highest BCUT2D eigenvalue weighted by atomic mass is 32.2. The number of sulfonamides is 1. The Balaban J connectivity index is 1.62. The fourth-order valence-electron chi connectivity index (χ4n) is 4.15. The molecule has 0 fully saturated rings. The van der Waals surface area contributed by atoms with Crippen molar-refractivity contribution in [1.29, 1.82) is 0 Å². The summed E-state index contributed by atoms with van der Waals surface area (Å²) >= 11 is 0. The number of ether oxygens (including phenoxy) is 1. The van der Waals surface area contributed by atoms with Crippen molar-refractivity contribution in [2.75, 3.05) is 32.1 Å². The maximum absolute atomic E-state index is 13.6. The Morgan fingerprint density at radius 1 is 1.33 bits per heavy atom. The number of aryl methyl sites for hydroxylation is 1. The van der Waals surface area contributed by atoms with Crippen LogP contribution >= 0.6 is 0 Å². The van der Waals surface area contributed by atoms with Gasteiger partial charge in [0.25, 0.3) is 15.9 Å². The lowest BCUT2D eigenvalue weighted by atomic mass is 9.99. The fraction of sp³-hybridized carbons (Fsp3) is 0.478. The van der Waals surface area contributed by atoms with E-state index >= 15 is 0 Å². The number of carbonyl (C=O) groups is 2. The van der Waals surface area contributed by atoms with Crippen molar-refractivity contribution < 1.29 is 27.9 Å². The molecule has 3 aromatic rings. The lowest BCUT2D eigenvalue weighted by Gasteiger charge is -2.38. The average molecular weight is 562 g/mol. The Labute approximate surface area is 225 Å². The number of imidazole rings is 1. The topological polar surface area (TPSA) is 178 Å². The number of nitrogens with one attached hydrogen (secondary N) is 1. The summed E-state index contributed by atoms with van der Waals surface area (Å²) in [6, 6.07) is 4.12. The van der Waals surface area contributed by atoms with Gasteiger partial charge in [0.1, 0.15) is 24.7 Å². The molecule has 39 heavy (non-hydrogen) atoms. The number of benzene rings is 1. The van der Waals surface area contributed by atoms with Crippen LogP contribution in [0.1, 0.15) is 24.2 Å². The third-order valence-electron chi connectivity index (χ3n) is 6.44. The Kier molecular flexibility index (Phi) is 8.27. The van der Waals surface area contributed by atoms with Gasteiger partial charge in [-0.2, -0.15) is 4.31 Å². The molecule has 4 rings (SSSR count). The smallest absolute Gasteiger partial charge is 0.261 e. The molecule has 2 amide bonds. The van der Waals surface area contributed by atoms with Gasteiger partial charge in [-0.25, -0.2) is 18.1 Å². The Morgan fingerprint density at radius 3 is 2.74 bits per heavy atom. The molecule has 2 N–H and O–H groups in total. The predicted octanol–water partition coefficient (Wildman–Crippen LogP) is -0.414. The second kappa shape index (κ2) is 11.5. The van der Waals surface area contributed by atoms with Crippen molar-refractivity contribution >= 4 is 27.5 Å². The molecule has 3 heterocycles. The minimum absolute atomic E-state index is 0.0144. The van der Waals surface area contributed by atoms with Gasteiger partial charge in [-0.1, -0.05) is 6.92 Å². The van der Waals surface area contributed by atoms with Crippen molar-refractivity contribution in [3.05, 3.63) is 42.6 Å². The predicted molar refractivity (Wildman–Crippen MR) is 137 cm³/mol. The normalized spacial score (nSPS) is 18.7. The number of likely N-dealkylation sites (N-methyl/N-ethyl adjacent to an activating group) is 1. The zero-order valence-electron chi connectivity index (χ0n) is 22.0. The van der Waals surface area contributed by atoms with Gasteiger partial charge in [-0.3, -0.25) is 9.59 Å². The molecule has 0 aliphatic carbocycles. The quantitative estimate of drug-likeness (QED) is 0.349. The van der Waals surface area contributed by atoms with Crippen LogP contribution in [0.5, 0.6) is 5.75 Å². The van der Waals surface area contributed by atoms with Crippen LogP contribution in [0.2, 0.25) is 0 Å². The van der Waals surface area contributed by atoms with E-state index in [1.165, 1.54) is 45.9 Å². The number of tetrazole rings is 1. The number of fused-ring (bicyclic) bond motifs is 1. The number of carbonyl (C=O) groups excluding carboxylic acids is 2. The Bertz CT molecular complexity index is 1430. The number of anilines is 1. The monoisotopic (exact) mass is 561 g/mol. The molecule has 2 aromatic heterocycles. The number of aromatic nitrogens is 6. The van der Waals surface area contributed by atoms with Crippen LogP contribution in [0.4, 0.5) is 5.69 Å². The second-order valence-electron chi connectivity index (χ2n) is 9.55. The highest BCUT2D eigenvalue weighted by molar-refractivity contribution is 7.89. The van der Waals surface area contributed by atoms with Gasteiger partial charge in [0.2, 0.25) is 5.91 Å². The summed E-state index contributed by atoms with van der Waals surface area (Å²) in [6.45, 7) is 3.37. The highest BCUT2D eigenvalue weighted by Gasteiger charge is 2.35. The summed E-state index contributed by atoms with van der Waals surface area (Å²) in [7, 11) is -0.762. The number of hydrogen-bond acceptors (Lipinski definition) is 10. The van der Waals surface area contributed by atoms with Crippen LogP contribution in [0.25, 0.3) is 0 Å². The molecule has 16 heteroatoms. The molecule has 0 saturated heterocycles.